The molecule has 3 aromatic rings. The maximum absolute atomic E-state index is 12.6. The van der Waals surface area contributed by atoms with Crippen molar-refractivity contribution in [1.82, 2.24) is 24.8 Å². The van der Waals surface area contributed by atoms with E-state index in [9.17, 15) is 18.3 Å². The van der Waals surface area contributed by atoms with E-state index in [1.54, 1.807) is 6.20 Å². The van der Waals surface area contributed by atoms with E-state index in [1.807, 2.05) is 0 Å². The fraction of sp³-hybridized carbons (Fsp3) is 0.556. The van der Waals surface area contributed by atoms with Gasteiger partial charge in [0.15, 0.2) is 0 Å². The van der Waals surface area contributed by atoms with Crippen LogP contribution in [0.5, 0.6) is 0 Å². The van der Waals surface area contributed by atoms with Gasteiger partial charge in [-0.05, 0) is 43.7 Å². The van der Waals surface area contributed by atoms with Crippen LogP contribution >= 0.6 is 0 Å². The van der Waals surface area contributed by atoms with Gasteiger partial charge in [-0.1, -0.05) is 24.3 Å². The van der Waals surface area contributed by atoms with Crippen molar-refractivity contribution in [2.75, 3.05) is 31.5 Å². The van der Waals surface area contributed by atoms with Gasteiger partial charge in [0.1, 0.15) is 5.65 Å². The smallest absolute Gasteiger partial charge is 0.390 e. The Labute approximate surface area is 215 Å². The van der Waals surface area contributed by atoms with Crippen LogP contribution in [0.4, 0.5) is 19.1 Å². The minimum atomic E-state index is -4.23. The van der Waals surface area contributed by atoms with Crippen LogP contribution in [0.2, 0.25) is 0 Å². The lowest BCUT2D eigenvalue weighted by Gasteiger charge is -2.31. The minimum absolute atomic E-state index is 0.173. The fourth-order valence-corrected chi connectivity index (χ4v) is 5.48. The minimum Gasteiger partial charge on any atom is -0.393 e. The first kappa shape index (κ1) is 25.9. The SMILES string of the molecule is C[C@@H]1CN(Cc2ccc(-c3cn(C4CCC(O)CC4)c4nc(NCCC(F)(F)F)ncc34)cc2)CCN1. The van der Waals surface area contributed by atoms with Crippen LogP contribution in [0, 0.1) is 0 Å². The zero-order valence-electron chi connectivity index (χ0n) is 21.1. The third-order valence-electron chi connectivity index (χ3n) is 7.45. The van der Waals surface area contributed by atoms with E-state index < -0.39 is 12.6 Å². The van der Waals surface area contributed by atoms with Crippen molar-refractivity contribution in [3.8, 4) is 11.1 Å². The molecule has 0 radical (unpaired) electrons. The summed E-state index contributed by atoms with van der Waals surface area (Å²) in [5.41, 5.74) is 4.03. The van der Waals surface area contributed by atoms with Gasteiger partial charge in [-0.3, -0.25) is 4.90 Å². The lowest BCUT2D eigenvalue weighted by molar-refractivity contribution is -0.131. The highest BCUT2D eigenvalue weighted by atomic mass is 19.4. The summed E-state index contributed by atoms with van der Waals surface area (Å²) in [6, 6.07) is 9.24. The van der Waals surface area contributed by atoms with Gasteiger partial charge in [0.05, 0.1) is 12.5 Å². The average Bonchev–Trinajstić information content (AvgIpc) is 3.23. The van der Waals surface area contributed by atoms with Crippen LogP contribution in [0.15, 0.2) is 36.7 Å². The largest absolute Gasteiger partial charge is 0.393 e. The fourth-order valence-electron chi connectivity index (χ4n) is 5.48. The normalized spacial score (nSPS) is 23.4. The molecule has 1 aliphatic carbocycles. The van der Waals surface area contributed by atoms with Gasteiger partial charge in [0.2, 0.25) is 5.95 Å². The van der Waals surface area contributed by atoms with Crippen LogP contribution in [0.3, 0.4) is 0 Å². The Hall–Kier alpha value is -2.69. The summed E-state index contributed by atoms with van der Waals surface area (Å²) in [4.78, 5) is 11.4. The van der Waals surface area contributed by atoms with Gasteiger partial charge in [-0.25, -0.2) is 4.98 Å². The predicted molar refractivity (Wildman–Crippen MR) is 138 cm³/mol. The molecule has 0 unspecified atom stereocenters. The van der Waals surface area contributed by atoms with Crippen LogP contribution in [-0.4, -0.2) is 69.0 Å². The molecule has 7 nitrogen and oxygen atoms in total. The maximum Gasteiger partial charge on any atom is 0.390 e. The van der Waals surface area contributed by atoms with Gasteiger partial charge in [-0.2, -0.15) is 18.2 Å². The number of aromatic nitrogens is 3. The molecule has 3 heterocycles. The summed E-state index contributed by atoms with van der Waals surface area (Å²) in [6.45, 7) is 5.91. The van der Waals surface area contributed by atoms with Crippen LogP contribution in [0.1, 0.15) is 50.6 Å². The Morgan fingerprint density at radius 3 is 2.59 bits per heavy atom. The lowest BCUT2D eigenvalue weighted by atomic mass is 9.93. The average molecular weight is 517 g/mol. The van der Waals surface area contributed by atoms with Crippen molar-refractivity contribution >= 4 is 17.0 Å². The van der Waals surface area contributed by atoms with Crippen molar-refractivity contribution in [3.63, 3.8) is 0 Å². The van der Waals surface area contributed by atoms with Gasteiger partial charge < -0.3 is 20.3 Å². The van der Waals surface area contributed by atoms with Crippen molar-refractivity contribution in [2.45, 2.75) is 69.9 Å². The summed E-state index contributed by atoms with van der Waals surface area (Å²) in [7, 11) is 0. The third-order valence-corrected chi connectivity index (χ3v) is 7.45. The molecule has 5 rings (SSSR count). The number of hydrogen-bond donors (Lipinski definition) is 3. The number of nitrogens with zero attached hydrogens (tertiary/aromatic N) is 4. The summed E-state index contributed by atoms with van der Waals surface area (Å²) < 4.78 is 39.9. The highest BCUT2D eigenvalue weighted by Gasteiger charge is 2.27. The molecule has 1 aromatic carbocycles. The third kappa shape index (κ3) is 6.42. The number of hydrogen-bond acceptors (Lipinski definition) is 6. The Morgan fingerprint density at radius 2 is 1.89 bits per heavy atom. The van der Waals surface area contributed by atoms with Gasteiger partial charge in [0.25, 0.3) is 0 Å². The standard InChI is InChI=1S/C27H35F3N6O/c1-18-15-35(13-12-31-18)16-19-2-4-20(5-3-19)24-17-36(21-6-8-22(37)9-7-21)25-23(24)14-33-26(34-25)32-11-10-27(28,29)30/h2-5,14,17-18,21-22,31,37H,6-13,15-16H2,1H3,(H,32,33,34)/t18-,21?,22?/m1/s1. The predicted octanol–water partition coefficient (Wildman–Crippen LogP) is 4.73. The first-order valence-electron chi connectivity index (χ1n) is 13.2. The molecule has 1 aliphatic heterocycles. The summed E-state index contributed by atoms with van der Waals surface area (Å²) in [5, 5.41) is 17.1. The van der Waals surface area contributed by atoms with Crippen molar-refractivity contribution in [1.29, 1.82) is 0 Å². The van der Waals surface area contributed by atoms with E-state index in [0.717, 1.165) is 68.4 Å². The van der Waals surface area contributed by atoms with Crippen molar-refractivity contribution in [3.05, 3.63) is 42.2 Å². The monoisotopic (exact) mass is 516 g/mol. The van der Waals surface area contributed by atoms with E-state index in [2.05, 4.69) is 67.5 Å². The number of aliphatic hydroxyl groups excluding tert-OH is 1. The molecule has 1 saturated heterocycles. The number of anilines is 1. The molecule has 0 spiro atoms. The van der Waals surface area contributed by atoms with E-state index >= 15 is 0 Å². The van der Waals surface area contributed by atoms with Gasteiger partial charge >= 0.3 is 6.18 Å². The quantitative estimate of drug-likeness (QED) is 0.421. The Morgan fingerprint density at radius 1 is 1.14 bits per heavy atom. The topological polar surface area (TPSA) is 78.2 Å². The zero-order valence-corrected chi connectivity index (χ0v) is 21.1. The van der Waals surface area contributed by atoms with E-state index in [4.69, 9.17) is 0 Å². The lowest BCUT2D eigenvalue weighted by Crippen LogP contribution is -2.48. The highest BCUT2D eigenvalue weighted by molar-refractivity contribution is 5.94. The first-order valence-corrected chi connectivity index (χ1v) is 13.2. The molecular formula is C27H35F3N6O. The van der Waals surface area contributed by atoms with Crippen molar-refractivity contribution < 1.29 is 18.3 Å². The molecule has 1 atom stereocenters. The number of fused-ring (bicyclic) bond motifs is 1. The van der Waals surface area contributed by atoms with Crippen molar-refractivity contribution in [2.24, 2.45) is 0 Å². The number of nitrogens with one attached hydrogen (secondary N) is 2. The van der Waals surface area contributed by atoms with E-state index in [-0.39, 0.29) is 24.6 Å². The molecule has 200 valence electrons. The second kappa shape index (κ2) is 11.0. The highest BCUT2D eigenvalue weighted by Crippen LogP contribution is 2.37. The van der Waals surface area contributed by atoms with Crippen LogP contribution in [0.25, 0.3) is 22.2 Å². The van der Waals surface area contributed by atoms with E-state index in [0.29, 0.717) is 11.7 Å². The number of benzene rings is 1. The molecule has 37 heavy (non-hydrogen) atoms. The molecule has 2 aliphatic rings. The second-order valence-corrected chi connectivity index (χ2v) is 10.4. The molecule has 2 aromatic heterocycles. The number of piperazine rings is 1. The number of halogens is 3. The maximum atomic E-state index is 12.6. The molecular weight excluding hydrogens is 481 g/mol. The van der Waals surface area contributed by atoms with Crippen LogP contribution < -0.4 is 10.6 Å². The number of rotatable bonds is 7. The molecule has 1 saturated carbocycles. The summed E-state index contributed by atoms with van der Waals surface area (Å²) in [5.74, 6) is 0.194. The van der Waals surface area contributed by atoms with Crippen LogP contribution in [-0.2, 0) is 6.54 Å². The molecule has 0 bridgehead atoms. The number of alkyl halides is 3. The zero-order chi connectivity index (χ0) is 26.0. The second-order valence-electron chi connectivity index (χ2n) is 10.4. The Kier molecular flexibility index (Phi) is 7.69. The molecule has 10 heteroatoms. The molecule has 2 fully saturated rings. The summed E-state index contributed by atoms with van der Waals surface area (Å²) >= 11 is 0. The number of aliphatic hydroxyl groups is 1. The molecule has 0 amide bonds. The first-order chi connectivity index (χ1) is 17.7. The van der Waals surface area contributed by atoms with Gasteiger partial charge in [-0.15, -0.1) is 0 Å². The summed E-state index contributed by atoms with van der Waals surface area (Å²) in [6.07, 6.45) is 1.44. The van der Waals surface area contributed by atoms with Gasteiger partial charge in [0, 0.05) is 68.2 Å². The van der Waals surface area contributed by atoms with E-state index in [1.165, 1.54) is 5.56 Å². The molecule has 3 N–H and O–H groups in total. The Bertz CT molecular complexity index is 1190. The Balaban J connectivity index is 1.41.